The Morgan fingerprint density at radius 2 is 1.68 bits per heavy atom. The number of rotatable bonds is 3. The highest BCUT2D eigenvalue weighted by atomic mass is 19.4. The van der Waals surface area contributed by atoms with Crippen LogP contribution in [0.2, 0.25) is 0 Å². The molecule has 0 bridgehead atoms. The standard InChI is InChI=1S/C13H16F3NO2/c1-12(2,10(17)11(18)19-3)8-6-4-5-7-9(8)13(14,15)16/h4-7,10H,17H2,1-3H3. The van der Waals surface area contributed by atoms with Crippen LogP contribution in [-0.4, -0.2) is 19.1 Å². The van der Waals surface area contributed by atoms with Crippen molar-refractivity contribution >= 4 is 5.97 Å². The minimum absolute atomic E-state index is 0.0274. The van der Waals surface area contributed by atoms with Crippen molar-refractivity contribution < 1.29 is 22.7 Å². The van der Waals surface area contributed by atoms with Crippen molar-refractivity contribution in [2.75, 3.05) is 7.11 Å². The molecule has 1 aromatic rings. The second kappa shape index (κ2) is 5.21. The summed E-state index contributed by atoms with van der Waals surface area (Å²) in [5, 5.41) is 0. The molecular weight excluding hydrogens is 259 g/mol. The molecule has 1 atom stereocenters. The normalized spacial score (nSPS) is 14.1. The Balaban J connectivity index is 3.33. The summed E-state index contributed by atoms with van der Waals surface area (Å²) in [6, 6.07) is 3.90. The molecule has 0 spiro atoms. The summed E-state index contributed by atoms with van der Waals surface area (Å²) < 4.78 is 43.4. The summed E-state index contributed by atoms with van der Waals surface area (Å²) in [6.07, 6.45) is -4.50. The molecule has 0 aliphatic heterocycles. The topological polar surface area (TPSA) is 52.3 Å². The van der Waals surface area contributed by atoms with Crippen LogP contribution in [0.25, 0.3) is 0 Å². The van der Waals surface area contributed by atoms with Crippen molar-refractivity contribution in [1.82, 2.24) is 0 Å². The number of benzene rings is 1. The Bertz CT molecular complexity index is 469. The molecule has 0 aromatic heterocycles. The predicted molar refractivity (Wildman–Crippen MR) is 64.5 cm³/mol. The molecule has 2 N–H and O–H groups in total. The molecule has 1 aromatic carbocycles. The zero-order valence-electron chi connectivity index (χ0n) is 10.9. The van der Waals surface area contributed by atoms with Gasteiger partial charge in [0.05, 0.1) is 12.7 Å². The molecule has 0 saturated heterocycles. The van der Waals surface area contributed by atoms with Crippen molar-refractivity contribution in [3.05, 3.63) is 35.4 Å². The number of methoxy groups -OCH3 is 1. The number of hydrogen-bond acceptors (Lipinski definition) is 3. The summed E-state index contributed by atoms with van der Waals surface area (Å²) >= 11 is 0. The molecule has 0 aliphatic carbocycles. The lowest BCUT2D eigenvalue weighted by Gasteiger charge is -2.32. The highest BCUT2D eigenvalue weighted by Gasteiger charge is 2.42. The van der Waals surface area contributed by atoms with Gasteiger partial charge in [0.25, 0.3) is 0 Å². The van der Waals surface area contributed by atoms with Crippen LogP contribution in [0, 0.1) is 0 Å². The summed E-state index contributed by atoms with van der Waals surface area (Å²) in [4.78, 5) is 11.5. The third kappa shape index (κ3) is 3.07. The van der Waals surface area contributed by atoms with Crippen LogP contribution in [0.3, 0.4) is 0 Å². The third-order valence-electron chi connectivity index (χ3n) is 3.16. The summed E-state index contributed by atoms with van der Waals surface area (Å²) in [5.74, 6) is -0.748. The van der Waals surface area contributed by atoms with Gasteiger partial charge in [-0.2, -0.15) is 13.2 Å². The third-order valence-corrected chi connectivity index (χ3v) is 3.16. The van der Waals surface area contributed by atoms with E-state index in [-0.39, 0.29) is 5.56 Å². The number of carbonyl (C=O) groups is 1. The maximum Gasteiger partial charge on any atom is 0.416 e. The van der Waals surface area contributed by atoms with E-state index >= 15 is 0 Å². The number of ether oxygens (including phenoxy) is 1. The highest BCUT2D eigenvalue weighted by Crippen LogP contribution is 2.38. The van der Waals surface area contributed by atoms with Gasteiger partial charge in [0.15, 0.2) is 0 Å². The Morgan fingerprint density at radius 1 is 1.21 bits per heavy atom. The lowest BCUT2D eigenvalue weighted by molar-refractivity contribution is -0.145. The minimum atomic E-state index is -4.50. The van der Waals surface area contributed by atoms with Crippen LogP contribution < -0.4 is 5.73 Å². The summed E-state index contributed by atoms with van der Waals surface area (Å²) in [5.41, 5.74) is 3.69. The first-order valence-electron chi connectivity index (χ1n) is 5.62. The van der Waals surface area contributed by atoms with Crippen molar-refractivity contribution in [2.45, 2.75) is 31.5 Å². The van der Waals surface area contributed by atoms with Crippen LogP contribution >= 0.6 is 0 Å². The van der Waals surface area contributed by atoms with Crippen molar-refractivity contribution in [2.24, 2.45) is 5.73 Å². The van der Waals surface area contributed by atoms with Crippen molar-refractivity contribution in [3.8, 4) is 0 Å². The van der Waals surface area contributed by atoms with E-state index in [0.717, 1.165) is 13.2 Å². The molecule has 0 saturated carbocycles. The van der Waals surface area contributed by atoms with Crippen molar-refractivity contribution in [3.63, 3.8) is 0 Å². The van der Waals surface area contributed by atoms with Crippen LogP contribution in [-0.2, 0) is 21.1 Å². The van der Waals surface area contributed by atoms with Gasteiger partial charge >= 0.3 is 12.1 Å². The van der Waals surface area contributed by atoms with Crippen molar-refractivity contribution in [1.29, 1.82) is 0 Å². The van der Waals surface area contributed by atoms with Gasteiger partial charge in [-0.05, 0) is 11.6 Å². The minimum Gasteiger partial charge on any atom is -0.468 e. The van der Waals surface area contributed by atoms with E-state index in [0.29, 0.717) is 0 Å². The van der Waals surface area contributed by atoms with E-state index in [1.807, 2.05) is 0 Å². The van der Waals surface area contributed by atoms with E-state index in [9.17, 15) is 18.0 Å². The van der Waals surface area contributed by atoms with Gasteiger partial charge in [-0.1, -0.05) is 32.0 Å². The fourth-order valence-corrected chi connectivity index (χ4v) is 1.88. The first-order chi connectivity index (χ1) is 8.62. The van der Waals surface area contributed by atoms with E-state index in [1.54, 1.807) is 0 Å². The predicted octanol–water partition coefficient (Wildman–Crippen LogP) is 2.48. The number of hydrogen-bond donors (Lipinski definition) is 1. The van der Waals surface area contributed by atoms with Gasteiger partial charge in [0.1, 0.15) is 6.04 Å². The number of esters is 1. The molecule has 0 fully saturated rings. The molecule has 106 valence electrons. The number of carbonyl (C=O) groups excluding carboxylic acids is 1. The number of alkyl halides is 3. The molecular formula is C13H16F3NO2. The first kappa shape index (κ1) is 15.5. The number of halogens is 3. The van der Waals surface area contributed by atoms with Gasteiger partial charge < -0.3 is 10.5 Å². The Labute approximate surface area is 109 Å². The Kier molecular flexibility index (Phi) is 4.25. The molecule has 3 nitrogen and oxygen atoms in total. The zero-order valence-corrected chi connectivity index (χ0v) is 10.9. The zero-order chi connectivity index (χ0) is 14.8. The fourth-order valence-electron chi connectivity index (χ4n) is 1.88. The maximum atomic E-state index is 13.0. The van der Waals surface area contributed by atoms with Gasteiger partial charge in [0, 0.05) is 5.41 Å². The monoisotopic (exact) mass is 275 g/mol. The molecule has 0 radical (unpaired) electrons. The quantitative estimate of drug-likeness (QED) is 0.862. The SMILES string of the molecule is COC(=O)C(N)C(C)(C)c1ccccc1C(F)(F)F. The van der Waals surface area contributed by atoms with E-state index in [4.69, 9.17) is 5.73 Å². The second-order valence-corrected chi connectivity index (χ2v) is 4.77. The van der Waals surface area contributed by atoms with Crippen LogP contribution in [0.15, 0.2) is 24.3 Å². The number of nitrogens with two attached hydrogens (primary N) is 1. The van der Waals surface area contributed by atoms with E-state index in [2.05, 4.69) is 4.74 Å². The van der Waals surface area contributed by atoms with Crippen LogP contribution in [0.4, 0.5) is 13.2 Å². The summed E-state index contributed by atoms with van der Waals surface area (Å²) in [7, 11) is 1.15. The van der Waals surface area contributed by atoms with E-state index in [1.165, 1.54) is 32.0 Å². The highest BCUT2D eigenvalue weighted by molar-refractivity contribution is 5.77. The van der Waals surface area contributed by atoms with Gasteiger partial charge in [-0.15, -0.1) is 0 Å². The molecule has 0 heterocycles. The van der Waals surface area contributed by atoms with Crippen LogP contribution in [0.5, 0.6) is 0 Å². The average molecular weight is 275 g/mol. The molecule has 0 amide bonds. The van der Waals surface area contributed by atoms with E-state index < -0.39 is 29.2 Å². The van der Waals surface area contributed by atoms with Gasteiger partial charge in [-0.3, -0.25) is 4.79 Å². The Morgan fingerprint density at radius 3 is 2.11 bits per heavy atom. The van der Waals surface area contributed by atoms with Crippen LogP contribution in [0.1, 0.15) is 25.0 Å². The lowest BCUT2D eigenvalue weighted by atomic mass is 9.76. The smallest absolute Gasteiger partial charge is 0.416 e. The molecule has 0 aliphatic rings. The van der Waals surface area contributed by atoms with Gasteiger partial charge in [0.2, 0.25) is 0 Å². The molecule has 1 unspecified atom stereocenters. The largest absolute Gasteiger partial charge is 0.468 e. The Hall–Kier alpha value is -1.56. The fraction of sp³-hybridized carbons (Fsp3) is 0.462. The summed E-state index contributed by atoms with van der Waals surface area (Å²) in [6.45, 7) is 2.97. The molecule has 19 heavy (non-hydrogen) atoms. The average Bonchev–Trinajstić information content (AvgIpc) is 2.35. The lowest BCUT2D eigenvalue weighted by Crippen LogP contribution is -2.48. The molecule has 6 heteroatoms. The first-order valence-corrected chi connectivity index (χ1v) is 5.62. The second-order valence-electron chi connectivity index (χ2n) is 4.77. The maximum absolute atomic E-state index is 13.0. The molecule has 1 rings (SSSR count). The van der Waals surface area contributed by atoms with Gasteiger partial charge in [-0.25, -0.2) is 0 Å².